The standard InChI is InChI=1S/C16H32N2/c1-3-5-6-16(4-2)18-11-9-15(10-12-18)17-13-14-7-8-14/h14-17H,3-13H2,1-2H3. The monoisotopic (exact) mass is 252 g/mol. The van der Waals surface area contributed by atoms with E-state index in [1.165, 1.54) is 71.0 Å². The highest BCUT2D eigenvalue weighted by Crippen LogP contribution is 2.28. The minimum atomic E-state index is 0.811. The molecule has 1 saturated heterocycles. The zero-order chi connectivity index (χ0) is 12.8. The van der Waals surface area contributed by atoms with Crippen LogP contribution in [0.15, 0.2) is 0 Å². The lowest BCUT2D eigenvalue weighted by atomic mass is 9.99. The summed E-state index contributed by atoms with van der Waals surface area (Å²) in [6.45, 7) is 8.60. The third-order valence-electron chi connectivity index (χ3n) is 4.80. The summed E-state index contributed by atoms with van der Waals surface area (Å²) < 4.78 is 0. The van der Waals surface area contributed by atoms with E-state index in [9.17, 15) is 0 Å². The zero-order valence-corrected chi connectivity index (χ0v) is 12.5. The van der Waals surface area contributed by atoms with Crippen LogP contribution in [-0.2, 0) is 0 Å². The minimum Gasteiger partial charge on any atom is -0.314 e. The van der Waals surface area contributed by atoms with Crippen molar-refractivity contribution in [2.24, 2.45) is 5.92 Å². The van der Waals surface area contributed by atoms with Crippen molar-refractivity contribution in [1.82, 2.24) is 10.2 Å². The van der Waals surface area contributed by atoms with E-state index >= 15 is 0 Å². The molecule has 1 N–H and O–H groups in total. The predicted molar refractivity (Wildman–Crippen MR) is 78.9 cm³/mol. The Balaban J connectivity index is 1.63. The summed E-state index contributed by atoms with van der Waals surface area (Å²) in [6.07, 6.45) is 11.2. The van der Waals surface area contributed by atoms with Crippen LogP contribution in [0.2, 0.25) is 0 Å². The fourth-order valence-electron chi connectivity index (χ4n) is 3.21. The summed E-state index contributed by atoms with van der Waals surface area (Å²) in [6, 6.07) is 1.67. The molecule has 0 spiro atoms. The molecule has 2 heteroatoms. The van der Waals surface area contributed by atoms with E-state index < -0.39 is 0 Å². The van der Waals surface area contributed by atoms with Gasteiger partial charge in [0, 0.05) is 12.1 Å². The Morgan fingerprint density at radius 1 is 1.11 bits per heavy atom. The average Bonchev–Trinajstić information content (AvgIpc) is 3.23. The van der Waals surface area contributed by atoms with Gasteiger partial charge in [0.2, 0.25) is 0 Å². The van der Waals surface area contributed by atoms with Gasteiger partial charge in [-0.1, -0.05) is 26.7 Å². The molecule has 0 aromatic carbocycles. The molecule has 2 fully saturated rings. The van der Waals surface area contributed by atoms with Crippen molar-refractivity contribution < 1.29 is 0 Å². The van der Waals surface area contributed by atoms with Gasteiger partial charge in [-0.15, -0.1) is 0 Å². The van der Waals surface area contributed by atoms with Gasteiger partial charge in [-0.2, -0.15) is 0 Å². The molecule has 2 rings (SSSR count). The van der Waals surface area contributed by atoms with Gasteiger partial charge in [0.1, 0.15) is 0 Å². The van der Waals surface area contributed by atoms with Gasteiger partial charge in [0.25, 0.3) is 0 Å². The van der Waals surface area contributed by atoms with E-state index in [0.717, 1.165) is 18.0 Å². The first-order valence-corrected chi connectivity index (χ1v) is 8.30. The maximum Gasteiger partial charge on any atom is 0.00926 e. The van der Waals surface area contributed by atoms with Crippen molar-refractivity contribution in [2.45, 2.75) is 77.3 Å². The summed E-state index contributed by atoms with van der Waals surface area (Å²) in [5.74, 6) is 1.02. The second-order valence-corrected chi connectivity index (χ2v) is 6.37. The van der Waals surface area contributed by atoms with Crippen LogP contribution in [0.25, 0.3) is 0 Å². The van der Waals surface area contributed by atoms with E-state index in [4.69, 9.17) is 0 Å². The van der Waals surface area contributed by atoms with Crippen LogP contribution >= 0.6 is 0 Å². The quantitative estimate of drug-likeness (QED) is 0.712. The molecule has 18 heavy (non-hydrogen) atoms. The van der Waals surface area contributed by atoms with E-state index in [1.54, 1.807) is 0 Å². The van der Waals surface area contributed by atoms with E-state index in [-0.39, 0.29) is 0 Å². The van der Waals surface area contributed by atoms with E-state index in [1.807, 2.05) is 0 Å². The Labute approximate surface area is 114 Å². The first kappa shape index (κ1) is 14.3. The summed E-state index contributed by atoms with van der Waals surface area (Å²) in [5.41, 5.74) is 0. The number of rotatable bonds is 8. The van der Waals surface area contributed by atoms with Crippen molar-refractivity contribution in [3.8, 4) is 0 Å². The summed E-state index contributed by atoms with van der Waals surface area (Å²) in [7, 11) is 0. The molecule has 1 aliphatic heterocycles. The van der Waals surface area contributed by atoms with Crippen molar-refractivity contribution in [2.75, 3.05) is 19.6 Å². The number of piperidine rings is 1. The van der Waals surface area contributed by atoms with E-state index in [2.05, 4.69) is 24.1 Å². The Kier molecular flexibility index (Phi) is 5.97. The SMILES string of the molecule is CCCCC(CC)N1CCC(NCC2CC2)CC1. The molecular formula is C16H32N2. The summed E-state index contributed by atoms with van der Waals surface area (Å²) in [5, 5.41) is 3.78. The van der Waals surface area contributed by atoms with Crippen LogP contribution in [0.5, 0.6) is 0 Å². The van der Waals surface area contributed by atoms with Gasteiger partial charge < -0.3 is 10.2 Å². The second-order valence-electron chi connectivity index (χ2n) is 6.37. The molecule has 2 nitrogen and oxygen atoms in total. The topological polar surface area (TPSA) is 15.3 Å². The number of hydrogen-bond donors (Lipinski definition) is 1. The Bertz CT molecular complexity index is 217. The first-order valence-electron chi connectivity index (χ1n) is 8.30. The number of unbranched alkanes of at least 4 members (excludes halogenated alkanes) is 1. The van der Waals surface area contributed by atoms with Crippen molar-refractivity contribution in [3.63, 3.8) is 0 Å². The van der Waals surface area contributed by atoms with Gasteiger partial charge in [0.15, 0.2) is 0 Å². The Morgan fingerprint density at radius 3 is 2.39 bits per heavy atom. The molecule has 1 unspecified atom stereocenters. The Morgan fingerprint density at radius 2 is 1.83 bits per heavy atom. The predicted octanol–water partition coefficient (Wildman–Crippen LogP) is 3.42. The van der Waals surface area contributed by atoms with Crippen LogP contribution in [0.4, 0.5) is 0 Å². The molecule has 1 heterocycles. The summed E-state index contributed by atoms with van der Waals surface area (Å²) in [4.78, 5) is 2.75. The second kappa shape index (κ2) is 7.49. The molecule has 1 atom stereocenters. The molecular weight excluding hydrogens is 220 g/mol. The molecule has 0 aromatic rings. The third kappa shape index (κ3) is 4.55. The van der Waals surface area contributed by atoms with Crippen LogP contribution in [-0.4, -0.2) is 36.6 Å². The molecule has 1 saturated carbocycles. The largest absolute Gasteiger partial charge is 0.314 e. The molecule has 0 aromatic heterocycles. The van der Waals surface area contributed by atoms with Gasteiger partial charge in [0.05, 0.1) is 0 Å². The molecule has 0 radical (unpaired) electrons. The van der Waals surface area contributed by atoms with Crippen molar-refractivity contribution in [1.29, 1.82) is 0 Å². The Hall–Kier alpha value is -0.0800. The lowest BCUT2D eigenvalue weighted by molar-refractivity contribution is 0.131. The van der Waals surface area contributed by atoms with Crippen LogP contribution in [0, 0.1) is 5.92 Å². The zero-order valence-electron chi connectivity index (χ0n) is 12.5. The number of hydrogen-bond acceptors (Lipinski definition) is 2. The highest BCUT2D eigenvalue weighted by molar-refractivity contribution is 4.83. The maximum atomic E-state index is 3.78. The first-order chi connectivity index (χ1) is 8.83. The molecule has 1 aliphatic carbocycles. The minimum absolute atomic E-state index is 0.811. The highest BCUT2D eigenvalue weighted by Gasteiger charge is 2.26. The van der Waals surface area contributed by atoms with Crippen LogP contribution < -0.4 is 5.32 Å². The van der Waals surface area contributed by atoms with Crippen LogP contribution in [0.1, 0.15) is 65.2 Å². The molecule has 0 amide bonds. The number of likely N-dealkylation sites (tertiary alicyclic amines) is 1. The van der Waals surface area contributed by atoms with Gasteiger partial charge in [-0.05, 0) is 64.1 Å². The van der Waals surface area contributed by atoms with Gasteiger partial charge in [-0.3, -0.25) is 0 Å². The van der Waals surface area contributed by atoms with Crippen LogP contribution in [0.3, 0.4) is 0 Å². The lowest BCUT2D eigenvalue weighted by Crippen LogP contribution is -2.46. The summed E-state index contributed by atoms with van der Waals surface area (Å²) >= 11 is 0. The van der Waals surface area contributed by atoms with Crippen molar-refractivity contribution >= 4 is 0 Å². The van der Waals surface area contributed by atoms with E-state index in [0.29, 0.717) is 0 Å². The van der Waals surface area contributed by atoms with Crippen molar-refractivity contribution in [3.05, 3.63) is 0 Å². The average molecular weight is 252 g/mol. The smallest absolute Gasteiger partial charge is 0.00926 e. The lowest BCUT2D eigenvalue weighted by Gasteiger charge is -2.37. The normalized spacial score (nSPS) is 24.3. The molecule has 0 bridgehead atoms. The third-order valence-corrected chi connectivity index (χ3v) is 4.80. The van der Waals surface area contributed by atoms with Gasteiger partial charge >= 0.3 is 0 Å². The maximum absolute atomic E-state index is 3.78. The fraction of sp³-hybridized carbons (Fsp3) is 1.00. The number of nitrogens with zero attached hydrogens (tertiary/aromatic N) is 1. The molecule has 2 aliphatic rings. The fourth-order valence-corrected chi connectivity index (χ4v) is 3.21. The van der Waals surface area contributed by atoms with Gasteiger partial charge in [-0.25, -0.2) is 0 Å². The highest BCUT2D eigenvalue weighted by atomic mass is 15.2. The molecule has 106 valence electrons. The number of nitrogens with one attached hydrogen (secondary N) is 1.